The molecule has 0 saturated carbocycles. The maximum Gasteiger partial charge on any atom is 0.227 e. The fraction of sp³-hybridized carbons (Fsp3) is 0.500. The number of rotatable bonds is 3. The quantitative estimate of drug-likeness (QED) is 0.833. The van der Waals surface area contributed by atoms with Crippen LogP contribution in [0.4, 0.5) is 0 Å². The molecule has 1 unspecified atom stereocenters. The van der Waals surface area contributed by atoms with Gasteiger partial charge in [-0.05, 0) is 34.5 Å². The van der Waals surface area contributed by atoms with Crippen LogP contribution in [0.1, 0.15) is 6.42 Å². The second-order valence-electron chi connectivity index (χ2n) is 3.33. The molecular formula is C10H12BrNO2. The zero-order valence-corrected chi connectivity index (χ0v) is 9.37. The number of halogens is 1. The Morgan fingerprint density at radius 2 is 2.57 bits per heavy atom. The first kappa shape index (κ1) is 9.93. The third kappa shape index (κ3) is 2.45. The van der Waals surface area contributed by atoms with Crippen LogP contribution >= 0.6 is 15.9 Å². The van der Waals surface area contributed by atoms with Gasteiger partial charge in [-0.1, -0.05) is 0 Å². The van der Waals surface area contributed by atoms with Crippen molar-refractivity contribution in [2.24, 2.45) is 5.92 Å². The van der Waals surface area contributed by atoms with E-state index in [2.05, 4.69) is 20.9 Å². The summed E-state index contributed by atoms with van der Waals surface area (Å²) in [6.45, 7) is 2.36. The van der Waals surface area contributed by atoms with Crippen LogP contribution in [0.3, 0.4) is 0 Å². The molecule has 0 bridgehead atoms. The first-order chi connectivity index (χ1) is 6.86. The lowest BCUT2D eigenvalue weighted by molar-refractivity contribution is 0.165. The van der Waals surface area contributed by atoms with Crippen molar-refractivity contribution in [1.29, 1.82) is 0 Å². The molecule has 2 heterocycles. The smallest absolute Gasteiger partial charge is 0.227 e. The van der Waals surface area contributed by atoms with Crippen LogP contribution in [0.15, 0.2) is 22.8 Å². The number of ether oxygens (including phenoxy) is 2. The lowest BCUT2D eigenvalue weighted by Gasteiger charge is -2.09. The maximum absolute atomic E-state index is 5.58. The molecule has 4 heteroatoms. The van der Waals surface area contributed by atoms with Gasteiger partial charge in [0.25, 0.3) is 0 Å². The fourth-order valence-electron chi connectivity index (χ4n) is 1.39. The summed E-state index contributed by atoms with van der Waals surface area (Å²) in [6.07, 6.45) is 2.82. The van der Waals surface area contributed by atoms with Gasteiger partial charge in [0.2, 0.25) is 5.88 Å². The summed E-state index contributed by atoms with van der Waals surface area (Å²) in [5.74, 6) is 1.18. The van der Waals surface area contributed by atoms with Crippen LogP contribution in [0.2, 0.25) is 0 Å². The zero-order valence-electron chi connectivity index (χ0n) is 7.78. The van der Waals surface area contributed by atoms with E-state index in [1.807, 2.05) is 12.1 Å². The Bertz CT molecular complexity index is 300. The van der Waals surface area contributed by atoms with E-state index in [1.165, 1.54) is 0 Å². The average Bonchev–Trinajstić information content (AvgIpc) is 2.69. The highest BCUT2D eigenvalue weighted by Gasteiger charge is 2.16. The highest BCUT2D eigenvalue weighted by atomic mass is 79.9. The van der Waals surface area contributed by atoms with Crippen molar-refractivity contribution in [3.63, 3.8) is 0 Å². The van der Waals surface area contributed by atoms with Crippen molar-refractivity contribution in [3.8, 4) is 5.88 Å². The van der Waals surface area contributed by atoms with Crippen LogP contribution < -0.4 is 4.74 Å². The van der Waals surface area contributed by atoms with Gasteiger partial charge in [-0.3, -0.25) is 0 Å². The molecule has 3 nitrogen and oxygen atoms in total. The van der Waals surface area contributed by atoms with E-state index in [-0.39, 0.29) is 0 Å². The number of nitrogens with zero attached hydrogens (tertiary/aromatic N) is 1. The predicted octanol–water partition coefficient (Wildman–Crippen LogP) is 2.26. The van der Waals surface area contributed by atoms with Crippen LogP contribution in [0, 0.1) is 5.92 Å². The third-order valence-electron chi connectivity index (χ3n) is 2.20. The third-order valence-corrected chi connectivity index (χ3v) is 2.81. The Balaban J connectivity index is 1.88. The summed E-state index contributed by atoms with van der Waals surface area (Å²) in [7, 11) is 0. The van der Waals surface area contributed by atoms with E-state index in [9.17, 15) is 0 Å². The Hall–Kier alpha value is -0.610. The van der Waals surface area contributed by atoms with Crippen molar-refractivity contribution < 1.29 is 9.47 Å². The molecule has 1 aromatic heterocycles. The van der Waals surface area contributed by atoms with Crippen LogP contribution in [0.25, 0.3) is 0 Å². The van der Waals surface area contributed by atoms with E-state index in [1.54, 1.807) is 6.20 Å². The first-order valence-corrected chi connectivity index (χ1v) is 5.46. The first-order valence-electron chi connectivity index (χ1n) is 4.67. The van der Waals surface area contributed by atoms with Crippen molar-refractivity contribution in [2.45, 2.75) is 6.42 Å². The van der Waals surface area contributed by atoms with Gasteiger partial charge < -0.3 is 9.47 Å². The zero-order chi connectivity index (χ0) is 9.80. The topological polar surface area (TPSA) is 31.4 Å². The molecule has 0 amide bonds. The molecule has 0 radical (unpaired) electrons. The monoisotopic (exact) mass is 257 g/mol. The lowest BCUT2D eigenvalue weighted by Crippen LogP contribution is -2.12. The van der Waals surface area contributed by atoms with E-state index in [4.69, 9.17) is 9.47 Å². The van der Waals surface area contributed by atoms with Crippen molar-refractivity contribution in [1.82, 2.24) is 4.98 Å². The van der Waals surface area contributed by atoms with Gasteiger partial charge in [0.1, 0.15) is 0 Å². The van der Waals surface area contributed by atoms with Gasteiger partial charge in [0.15, 0.2) is 0 Å². The maximum atomic E-state index is 5.58. The minimum Gasteiger partial charge on any atom is -0.476 e. The van der Waals surface area contributed by atoms with E-state index in [0.29, 0.717) is 18.4 Å². The molecule has 0 aliphatic carbocycles. The van der Waals surface area contributed by atoms with Crippen molar-refractivity contribution in [3.05, 3.63) is 22.8 Å². The molecule has 0 N–H and O–H groups in total. The van der Waals surface area contributed by atoms with Gasteiger partial charge in [-0.2, -0.15) is 0 Å². The van der Waals surface area contributed by atoms with E-state index in [0.717, 1.165) is 24.1 Å². The number of pyridine rings is 1. The van der Waals surface area contributed by atoms with Gasteiger partial charge >= 0.3 is 0 Å². The molecular weight excluding hydrogens is 246 g/mol. The highest BCUT2D eigenvalue weighted by molar-refractivity contribution is 9.10. The van der Waals surface area contributed by atoms with Gasteiger partial charge in [-0.15, -0.1) is 0 Å². The van der Waals surface area contributed by atoms with Crippen molar-refractivity contribution >= 4 is 15.9 Å². The van der Waals surface area contributed by atoms with Crippen LogP contribution in [0.5, 0.6) is 5.88 Å². The van der Waals surface area contributed by atoms with Gasteiger partial charge in [0, 0.05) is 18.7 Å². The molecule has 1 fully saturated rings. The molecule has 1 atom stereocenters. The van der Waals surface area contributed by atoms with Gasteiger partial charge in [-0.25, -0.2) is 4.98 Å². The molecule has 0 aromatic carbocycles. The molecule has 76 valence electrons. The molecule has 1 saturated heterocycles. The van der Waals surface area contributed by atoms with Crippen LogP contribution in [-0.4, -0.2) is 24.8 Å². The molecule has 1 aliphatic rings. The number of hydrogen-bond donors (Lipinski definition) is 0. The summed E-state index contributed by atoms with van der Waals surface area (Å²) in [4.78, 5) is 4.13. The molecule has 14 heavy (non-hydrogen) atoms. The number of aromatic nitrogens is 1. The molecule has 0 spiro atoms. The largest absolute Gasteiger partial charge is 0.476 e. The Kier molecular flexibility index (Phi) is 3.37. The average molecular weight is 258 g/mol. The highest BCUT2D eigenvalue weighted by Crippen LogP contribution is 2.22. The molecule has 2 rings (SSSR count). The minimum atomic E-state index is 0.518. The second kappa shape index (κ2) is 4.75. The summed E-state index contributed by atoms with van der Waals surface area (Å²) in [5, 5.41) is 0. The molecule has 1 aliphatic heterocycles. The normalized spacial score (nSPS) is 21.1. The lowest BCUT2D eigenvalue weighted by atomic mass is 10.1. The van der Waals surface area contributed by atoms with E-state index < -0.39 is 0 Å². The molecule has 1 aromatic rings. The minimum absolute atomic E-state index is 0.518. The summed E-state index contributed by atoms with van der Waals surface area (Å²) < 4.78 is 11.7. The van der Waals surface area contributed by atoms with E-state index >= 15 is 0 Å². The van der Waals surface area contributed by atoms with Gasteiger partial charge in [0.05, 0.1) is 17.7 Å². The summed E-state index contributed by atoms with van der Waals surface area (Å²) in [6, 6.07) is 3.79. The SMILES string of the molecule is Brc1cccnc1OCC1CCOC1. The predicted molar refractivity (Wildman–Crippen MR) is 56.4 cm³/mol. The second-order valence-corrected chi connectivity index (χ2v) is 4.19. The van der Waals surface area contributed by atoms with Crippen LogP contribution in [-0.2, 0) is 4.74 Å². The fourth-order valence-corrected chi connectivity index (χ4v) is 1.76. The standard InChI is InChI=1S/C10H12BrNO2/c11-9-2-1-4-12-10(9)14-7-8-3-5-13-6-8/h1-2,4,8H,3,5-7H2. The summed E-state index contributed by atoms with van der Waals surface area (Å²) >= 11 is 3.39. The van der Waals surface area contributed by atoms with Crippen molar-refractivity contribution in [2.75, 3.05) is 19.8 Å². The number of hydrogen-bond acceptors (Lipinski definition) is 3. The Labute approximate surface area is 91.6 Å². The summed E-state index contributed by atoms with van der Waals surface area (Å²) in [5.41, 5.74) is 0. The Morgan fingerprint density at radius 3 is 3.29 bits per heavy atom. The Morgan fingerprint density at radius 1 is 1.64 bits per heavy atom.